The topological polar surface area (TPSA) is 17.1 Å². The standard InChI is InChI=1S/C16H20ClFO/c1-10-5-11(2)7-13(6-10)16(19)8-12-3-4-14(18)9-15(12)17/h3-4,9-11,13H,5-8H2,1-2H3. The molecule has 3 heteroatoms. The Kier molecular flexibility index (Phi) is 4.62. The van der Waals surface area contributed by atoms with E-state index in [-0.39, 0.29) is 17.5 Å². The smallest absolute Gasteiger partial charge is 0.140 e. The number of Topliss-reactive ketones (excluding diaryl/α,β-unsaturated/α-hetero) is 1. The summed E-state index contributed by atoms with van der Waals surface area (Å²) in [5.41, 5.74) is 0.735. The van der Waals surface area contributed by atoms with Crippen LogP contribution >= 0.6 is 11.6 Å². The van der Waals surface area contributed by atoms with E-state index in [0.29, 0.717) is 23.3 Å². The summed E-state index contributed by atoms with van der Waals surface area (Å²) >= 11 is 5.98. The maximum absolute atomic E-state index is 13.0. The van der Waals surface area contributed by atoms with Gasteiger partial charge in [0.05, 0.1) is 0 Å². The molecule has 2 rings (SSSR count). The first-order chi connectivity index (χ1) is 8.95. The zero-order chi connectivity index (χ0) is 14.0. The van der Waals surface area contributed by atoms with Crippen molar-refractivity contribution in [2.45, 2.75) is 39.5 Å². The molecule has 0 aliphatic heterocycles. The molecule has 0 bridgehead atoms. The van der Waals surface area contributed by atoms with Crippen molar-refractivity contribution in [1.29, 1.82) is 0 Å². The summed E-state index contributed by atoms with van der Waals surface area (Å²) in [4.78, 5) is 12.3. The number of halogens is 2. The minimum Gasteiger partial charge on any atom is -0.299 e. The number of ketones is 1. The van der Waals surface area contributed by atoms with E-state index in [1.807, 2.05) is 0 Å². The van der Waals surface area contributed by atoms with Gasteiger partial charge in [-0.1, -0.05) is 31.5 Å². The number of carbonyl (C=O) groups is 1. The Morgan fingerprint density at radius 2 is 1.89 bits per heavy atom. The fourth-order valence-electron chi connectivity index (χ4n) is 3.21. The average Bonchev–Trinajstić information content (AvgIpc) is 2.31. The Morgan fingerprint density at radius 3 is 2.47 bits per heavy atom. The third-order valence-electron chi connectivity index (χ3n) is 4.01. The largest absolute Gasteiger partial charge is 0.299 e. The Labute approximate surface area is 119 Å². The predicted octanol–water partition coefficient (Wildman–Crippen LogP) is 4.66. The van der Waals surface area contributed by atoms with Crippen LogP contribution in [-0.2, 0) is 11.2 Å². The number of benzene rings is 1. The lowest BCUT2D eigenvalue weighted by atomic mass is 9.74. The number of carbonyl (C=O) groups excluding carboxylic acids is 1. The highest BCUT2D eigenvalue weighted by molar-refractivity contribution is 6.31. The van der Waals surface area contributed by atoms with E-state index in [9.17, 15) is 9.18 Å². The van der Waals surface area contributed by atoms with Crippen molar-refractivity contribution >= 4 is 17.4 Å². The molecule has 0 amide bonds. The first kappa shape index (κ1) is 14.5. The maximum Gasteiger partial charge on any atom is 0.140 e. The van der Waals surface area contributed by atoms with E-state index in [1.165, 1.54) is 18.6 Å². The third-order valence-corrected chi connectivity index (χ3v) is 4.37. The van der Waals surface area contributed by atoms with Crippen LogP contribution in [0.15, 0.2) is 18.2 Å². The van der Waals surface area contributed by atoms with Gasteiger partial charge in [-0.25, -0.2) is 4.39 Å². The maximum atomic E-state index is 13.0. The fourth-order valence-corrected chi connectivity index (χ4v) is 3.44. The van der Waals surface area contributed by atoms with Crippen LogP contribution in [0, 0.1) is 23.6 Å². The van der Waals surface area contributed by atoms with E-state index in [2.05, 4.69) is 13.8 Å². The Bertz CT molecular complexity index is 462. The van der Waals surface area contributed by atoms with Gasteiger partial charge < -0.3 is 0 Å². The van der Waals surface area contributed by atoms with Crippen LogP contribution in [0.1, 0.15) is 38.7 Å². The molecule has 0 radical (unpaired) electrons. The Balaban J connectivity index is 2.04. The molecular weight excluding hydrogens is 263 g/mol. The van der Waals surface area contributed by atoms with Crippen molar-refractivity contribution in [2.75, 3.05) is 0 Å². The van der Waals surface area contributed by atoms with Crippen LogP contribution in [0.5, 0.6) is 0 Å². The molecule has 1 aliphatic rings. The summed E-state index contributed by atoms with van der Waals surface area (Å²) in [6.45, 7) is 4.42. The van der Waals surface area contributed by atoms with Crippen molar-refractivity contribution in [3.05, 3.63) is 34.6 Å². The summed E-state index contributed by atoms with van der Waals surface area (Å²) in [6.07, 6.45) is 3.48. The summed E-state index contributed by atoms with van der Waals surface area (Å²) in [5.74, 6) is 1.25. The lowest BCUT2D eigenvalue weighted by molar-refractivity contribution is -0.124. The van der Waals surface area contributed by atoms with Gasteiger partial charge in [0, 0.05) is 17.4 Å². The first-order valence-corrected chi connectivity index (χ1v) is 7.30. The van der Waals surface area contributed by atoms with Crippen LogP contribution in [0.4, 0.5) is 4.39 Å². The second-order valence-corrected chi connectivity index (χ2v) is 6.40. The van der Waals surface area contributed by atoms with E-state index in [1.54, 1.807) is 6.07 Å². The van der Waals surface area contributed by atoms with Gasteiger partial charge in [0.25, 0.3) is 0 Å². The molecule has 19 heavy (non-hydrogen) atoms. The number of rotatable bonds is 3. The molecule has 1 aromatic carbocycles. The molecule has 0 aromatic heterocycles. The molecule has 1 aliphatic carbocycles. The second kappa shape index (κ2) is 6.04. The van der Waals surface area contributed by atoms with Crippen molar-refractivity contribution in [3.8, 4) is 0 Å². The Hall–Kier alpha value is -0.890. The highest BCUT2D eigenvalue weighted by atomic mass is 35.5. The zero-order valence-electron chi connectivity index (χ0n) is 11.5. The molecule has 0 saturated heterocycles. The highest BCUT2D eigenvalue weighted by Crippen LogP contribution is 2.34. The fraction of sp³-hybridized carbons (Fsp3) is 0.562. The monoisotopic (exact) mass is 282 g/mol. The third kappa shape index (κ3) is 3.79. The molecule has 104 valence electrons. The van der Waals surface area contributed by atoms with Gasteiger partial charge in [-0.2, -0.15) is 0 Å². The van der Waals surface area contributed by atoms with Gasteiger partial charge in [-0.3, -0.25) is 4.79 Å². The van der Waals surface area contributed by atoms with Gasteiger partial charge in [0.15, 0.2) is 0 Å². The Morgan fingerprint density at radius 1 is 1.26 bits per heavy atom. The molecule has 2 atom stereocenters. The van der Waals surface area contributed by atoms with Crippen LogP contribution in [0.3, 0.4) is 0 Å². The predicted molar refractivity (Wildman–Crippen MR) is 75.8 cm³/mol. The summed E-state index contributed by atoms with van der Waals surface area (Å²) < 4.78 is 13.0. The molecule has 1 aromatic rings. The van der Waals surface area contributed by atoms with Crippen molar-refractivity contribution in [3.63, 3.8) is 0 Å². The molecule has 0 heterocycles. The van der Waals surface area contributed by atoms with Crippen molar-refractivity contribution < 1.29 is 9.18 Å². The minimum atomic E-state index is -0.360. The lowest BCUT2D eigenvalue weighted by Gasteiger charge is -2.30. The summed E-state index contributed by atoms with van der Waals surface area (Å²) in [6, 6.07) is 4.25. The summed E-state index contributed by atoms with van der Waals surface area (Å²) in [7, 11) is 0. The van der Waals surface area contributed by atoms with Crippen molar-refractivity contribution in [2.24, 2.45) is 17.8 Å². The molecule has 0 spiro atoms. The van der Waals surface area contributed by atoms with Crippen molar-refractivity contribution in [1.82, 2.24) is 0 Å². The number of hydrogen-bond acceptors (Lipinski definition) is 1. The molecule has 1 saturated carbocycles. The molecular formula is C16H20ClFO. The normalized spacial score (nSPS) is 27.3. The second-order valence-electron chi connectivity index (χ2n) is 5.99. The highest BCUT2D eigenvalue weighted by Gasteiger charge is 2.28. The molecule has 1 nitrogen and oxygen atoms in total. The van der Waals surface area contributed by atoms with Gasteiger partial charge in [0.1, 0.15) is 11.6 Å². The van der Waals surface area contributed by atoms with E-state index < -0.39 is 0 Å². The van der Waals surface area contributed by atoms with Gasteiger partial charge in [0.2, 0.25) is 0 Å². The van der Waals surface area contributed by atoms with Crippen LogP contribution in [0.2, 0.25) is 5.02 Å². The van der Waals surface area contributed by atoms with Gasteiger partial charge >= 0.3 is 0 Å². The summed E-state index contributed by atoms with van der Waals surface area (Å²) in [5, 5.41) is 0.352. The van der Waals surface area contributed by atoms with E-state index >= 15 is 0 Å². The van der Waals surface area contributed by atoms with Crippen LogP contribution in [-0.4, -0.2) is 5.78 Å². The van der Waals surface area contributed by atoms with Gasteiger partial charge in [-0.15, -0.1) is 0 Å². The molecule has 2 unspecified atom stereocenters. The number of hydrogen-bond donors (Lipinski definition) is 0. The zero-order valence-corrected chi connectivity index (χ0v) is 12.2. The minimum absolute atomic E-state index is 0.139. The lowest BCUT2D eigenvalue weighted by Crippen LogP contribution is -2.27. The molecule has 0 N–H and O–H groups in total. The van der Waals surface area contributed by atoms with E-state index in [0.717, 1.165) is 18.4 Å². The van der Waals surface area contributed by atoms with Crippen LogP contribution in [0.25, 0.3) is 0 Å². The van der Waals surface area contributed by atoms with E-state index in [4.69, 9.17) is 11.6 Å². The first-order valence-electron chi connectivity index (χ1n) is 6.92. The van der Waals surface area contributed by atoms with Gasteiger partial charge in [-0.05, 0) is 48.8 Å². The average molecular weight is 283 g/mol. The SMILES string of the molecule is CC1CC(C)CC(C(=O)Cc2ccc(F)cc2Cl)C1. The molecule has 1 fully saturated rings. The quantitative estimate of drug-likeness (QED) is 0.788. The van der Waals surface area contributed by atoms with Crippen LogP contribution < -0.4 is 0 Å².